The number of aromatic nitrogens is 3. The van der Waals surface area contributed by atoms with Crippen LogP contribution < -0.4 is 5.32 Å². The minimum Gasteiger partial charge on any atom is -0.477 e. The van der Waals surface area contributed by atoms with Gasteiger partial charge in [0.25, 0.3) is 11.8 Å². The van der Waals surface area contributed by atoms with Gasteiger partial charge in [0.1, 0.15) is 33.4 Å². The fourth-order valence-corrected chi connectivity index (χ4v) is 7.38. The first-order valence-electron chi connectivity index (χ1n) is 11.4. The fourth-order valence-electron chi connectivity index (χ4n) is 3.54. The number of carbonyl (C=O) groups excluding carboxylic acids is 3. The Bertz CT molecular complexity index is 1330. The molecule has 4 rings (SSSR count). The third-order valence-electron chi connectivity index (χ3n) is 5.06. The average Bonchev–Trinajstić information content (AvgIpc) is 3.53. The van der Waals surface area contributed by atoms with Crippen LogP contribution in [0.4, 0.5) is 0 Å². The first-order chi connectivity index (χ1) is 18.4. The fraction of sp³-hybridized carbons (Fsp3) is 0.455. The molecule has 1 saturated heterocycles. The number of oxime groups is 1. The third-order valence-corrected chi connectivity index (χ3v) is 9.05. The predicted octanol–water partition coefficient (Wildman–Crippen LogP) is 1.90. The summed E-state index contributed by atoms with van der Waals surface area (Å²) in [5.74, 6) is -2.50. The molecule has 2 aromatic rings. The van der Waals surface area contributed by atoms with Crippen LogP contribution in [0.2, 0.25) is 0 Å². The number of thioether (sulfide) groups is 2. The number of hydrogen-bond acceptors (Lipinski definition) is 14. The number of carbonyl (C=O) groups is 4. The van der Waals surface area contributed by atoms with E-state index in [4.69, 9.17) is 9.57 Å². The largest absolute Gasteiger partial charge is 0.477 e. The molecule has 0 saturated carbocycles. The Hall–Kier alpha value is -3.02. The van der Waals surface area contributed by atoms with Crippen LogP contribution in [0, 0.1) is 6.92 Å². The van der Waals surface area contributed by atoms with E-state index in [1.165, 1.54) is 56.6 Å². The van der Waals surface area contributed by atoms with Gasteiger partial charge in [-0.15, -0.1) is 33.3 Å². The van der Waals surface area contributed by atoms with Crippen molar-refractivity contribution in [2.45, 2.75) is 49.1 Å². The van der Waals surface area contributed by atoms with E-state index >= 15 is 0 Å². The van der Waals surface area contributed by atoms with E-state index < -0.39 is 47.4 Å². The number of aryl methyl sites for hydroxylation is 1. The van der Waals surface area contributed by atoms with Crippen molar-refractivity contribution in [2.75, 3.05) is 18.1 Å². The summed E-state index contributed by atoms with van der Waals surface area (Å²) in [6, 6.07) is -0.980. The van der Waals surface area contributed by atoms with E-state index in [1.54, 1.807) is 26.2 Å². The highest BCUT2D eigenvalue weighted by molar-refractivity contribution is 8.01. The van der Waals surface area contributed by atoms with Gasteiger partial charge in [0, 0.05) is 16.9 Å². The monoisotopic (exact) mass is 612 g/mol. The lowest BCUT2D eigenvalue weighted by Gasteiger charge is -2.49. The van der Waals surface area contributed by atoms with Crippen molar-refractivity contribution in [3.8, 4) is 0 Å². The van der Waals surface area contributed by atoms with E-state index in [9.17, 15) is 24.3 Å². The van der Waals surface area contributed by atoms with Crippen LogP contribution in [-0.2, 0) is 28.8 Å². The quantitative estimate of drug-likeness (QED) is 0.131. The molecule has 17 heteroatoms. The van der Waals surface area contributed by atoms with Crippen molar-refractivity contribution in [1.29, 1.82) is 0 Å². The number of rotatable bonds is 10. The molecule has 2 aromatic heterocycles. The highest BCUT2D eigenvalue weighted by Crippen LogP contribution is 2.41. The summed E-state index contributed by atoms with van der Waals surface area (Å²) >= 11 is 5.33. The maximum absolute atomic E-state index is 13.1. The second-order valence-corrected chi connectivity index (χ2v) is 13.4. The van der Waals surface area contributed by atoms with Crippen LogP contribution >= 0.6 is 46.2 Å². The molecule has 0 radical (unpaired) electrons. The van der Waals surface area contributed by atoms with E-state index in [-0.39, 0.29) is 17.1 Å². The number of amides is 2. The van der Waals surface area contributed by atoms with Crippen LogP contribution in [0.15, 0.2) is 31.7 Å². The van der Waals surface area contributed by atoms with Gasteiger partial charge in [0.2, 0.25) is 6.61 Å². The molecule has 0 aliphatic carbocycles. The number of fused-ring (bicyclic) bond motifs is 1. The van der Waals surface area contributed by atoms with E-state index in [0.717, 1.165) is 5.01 Å². The molecule has 13 nitrogen and oxygen atoms in total. The number of ether oxygens (including phenoxy) is 1. The first kappa shape index (κ1) is 29.0. The number of nitrogens with one attached hydrogen (secondary N) is 1. The summed E-state index contributed by atoms with van der Waals surface area (Å²) in [4.78, 5) is 60.5. The molecule has 2 atom stereocenters. The van der Waals surface area contributed by atoms with Crippen molar-refractivity contribution >= 4 is 75.7 Å². The highest BCUT2D eigenvalue weighted by atomic mass is 32.2. The van der Waals surface area contributed by atoms with Crippen LogP contribution in [-0.4, -0.2) is 89.8 Å². The second-order valence-electron chi connectivity index (χ2n) is 9.17. The maximum Gasteiger partial charge on any atom is 0.352 e. The molecular weight excluding hydrogens is 589 g/mol. The van der Waals surface area contributed by atoms with Crippen LogP contribution in [0.5, 0.6) is 0 Å². The van der Waals surface area contributed by atoms with Gasteiger partial charge in [-0.2, -0.15) is 0 Å². The Morgan fingerprint density at radius 1 is 1.31 bits per heavy atom. The number of thiazole rings is 1. The van der Waals surface area contributed by atoms with Crippen molar-refractivity contribution in [1.82, 2.24) is 25.4 Å². The molecule has 1 unspecified atom stereocenters. The second kappa shape index (κ2) is 12.0. The van der Waals surface area contributed by atoms with Crippen LogP contribution in [0.1, 0.15) is 31.5 Å². The SMILES string of the molecule is Cc1nnc(SCC2=C(C(=O)O)N3C(=O)C(NC(=O)/C(=N\OCC(=O)OC(C)(C)C)c4cscn4)[C@H]3SC2)s1. The molecule has 0 spiro atoms. The molecule has 0 bridgehead atoms. The summed E-state index contributed by atoms with van der Waals surface area (Å²) in [5, 5.41) is 26.0. The Morgan fingerprint density at radius 2 is 2.08 bits per heavy atom. The van der Waals surface area contributed by atoms with Gasteiger partial charge < -0.3 is 20.0 Å². The third kappa shape index (κ3) is 6.95. The Morgan fingerprint density at radius 3 is 2.69 bits per heavy atom. The molecule has 2 aliphatic rings. The number of hydrogen-bond donors (Lipinski definition) is 2. The zero-order valence-corrected chi connectivity index (χ0v) is 24.5. The number of carboxylic acids is 1. The number of β-lactam (4-membered cyclic amide) rings is 1. The number of aliphatic carboxylic acids is 1. The molecule has 2 amide bonds. The summed E-state index contributed by atoms with van der Waals surface area (Å²) < 4.78 is 5.86. The van der Waals surface area contributed by atoms with E-state index in [2.05, 4.69) is 25.7 Å². The standard InChI is InChI=1S/C22H24N6O7S4/c1-10-25-26-21(39-10)38-7-11-6-37-19-15(18(31)28(19)16(11)20(32)33)24-17(30)14(12-8-36-9-23-12)27-34-5-13(29)35-22(2,3)4/h8-9,15,19H,5-7H2,1-4H3,(H,24,30)(H,32,33)/b27-14-/t15?,19-/m1/s1. The molecule has 2 N–H and O–H groups in total. The normalized spacial score (nSPS) is 19.3. The summed E-state index contributed by atoms with van der Waals surface area (Å²) in [7, 11) is 0. The van der Waals surface area contributed by atoms with Gasteiger partial charge in [0.15, 0.2) is 10.1 Å². The van der Waals surface area contributed by atoms with Crippen molar-refractivity contribution in [3.63, 3.8) is 0 Å². The molecule has 2 aliphatic heterocycles. The van der Waals surface area contributed by atoms with Gasteiger partial charge in [-0.25, -0.2) is 14.6 Å². The Labute approximate surface area is 239 Å². The molecular formula is C22H24N6O7S4. The van der Waals surface area contributed by atoms with Crippen LogP contribution in [0.25, 0.3) is 0 Å². The smallest absolute Gasteiger partial charge is 0.352 e. The predicted molar refractivity (Wildman–Crippen MR) is 146 cm³/mol. The van der Waals surface area contributed by atoms with E-state index in [0.29, 0.717) is 21.4 Å². The lowest BCUT2D eigenvalue weighted by atomic mass is 10.0. The van der Waals surface area contributed by atoms with Gasteiger partial charge in [-0.1, -0.05) is 28.3 Å². The number of nitrogens with zero attached hydrogens (tertiary/aromatic N) is 5. The Balaban J connectivity index is 1.44. The lowest BCUT2D eigenvalue weighted by molar-refractivity contribution is -0.160. The highest BCUT2D eigenvalue weighted by Gasteiger charge is 2.54. The summed E-state index contributed by atoms with van der Waals surface area (Å²) in [5.41, 5.74) is 1.24. The number of esters is 1. The van der Waals surface area contributed by atoms with Gasteiger partial charge in [-0.05, 0) is 33.3 Å². The lowest BCUT2D eigenvalue weighted by Crippen LogP contribution is -2.71. The minimum absolute atomic E-state index is 0.0860. The topological polar surface area (TPSA) is 173 Å². The van der Waals surface area contributed by atoms with Crippen molar-refractivity contribution < 1.29 is 33.9 Å². The van der Waals surface area contributed by atoms with Crippen molar-refractivity contribution in [2.24, 2.45) is 5.16 Å². The summed E-state index contributed by atoms with van der Waals surface area (Å²) in [6.45, 7) is 6.41. The van der Waals surface area contributed by atoms with Gasteiger partial charge in [0.05, 0.1) is 5.51 Å². The van der Waals surface area contributed by atoms with E-state index in [1.807, 2.05) is 6.92 Å². The molecule has 4 heterocycles. The first-order valence-corrected chi connectivity index (χ1v) is 15.2. The zero-order valence-electron chi connectivity index (χ0n) is 21.2. The Kier molecular flexibility index (Phi) is 8.93. The molecule has 208 valence electrons. The van der Waals surface area contributed by atoms with Crippen molar-refractivity contribution in [3.05, 3.63) is 32.9 Å². The molecule has 0 aromatic carbocycles. The van der Waals surface area contributed by atoms with Crippen LogP contribution in [0.3, 0.4) is 0 Å². The van der Waals surface area contributed by atoms with Gasteiger partial charge >= 0.3 is 11.9 Å². The zero-order chi connectivity index (χ0) is 28.3. The minimum atomic E-state index is -1.22. The number of carboxylic acid groups (broad SMARTS) is 1. The van der Waals surface area contributed by atoms with Gasteiger partial charge in [-0.3, -0.25) is 14.5 Å². The summed E-state index contributed by atoms with van der Waals surface area (Å²) in [6.07, 6.45) is 0. The molecule has 39 heavy (non-hydrogen) atoms. The molecule has 1 fully saturated rings. The maximum atomic E-state index is 13.1. The average molecular weight is 613 g/mol.